The van der Waals surface area contributed by atoms with Crippen LogP contribution in [0.4, 0.5) is 5.82 Å². The Bertz CT molecular complexity index is 551. The second-order valence-corrected chi connectivity index (χ2v) is 5.62. The summed E-state index contributed by atoms with van der Waals surface area (Å²) in [6.45, 7) is 8.32. The van der Waals surface area contributed by atoms with Crippen LogP contribution in [-0.4, -0.2) is 9.97 Å². The molecule has 2 aromatic rings. The molecule has 94 valence electrons. The number of nitrogens with zero attached hydrogens (tertiary/aromatic N) is 2. The highest BCUT2D eigenvalue weighted by Crippen LogP contribution is 2.24. The van der Waals surface area contributed by atoms with Crippen LogP contribution in [0.15, 0.2) is 30.3 Å². The van der Waals surface area contributed by atoms with Crippen molar-refractivity contribution in [2.75, 3.05) is 5.73 Å². The number of anilines is 1. The van der Waals surface area contributed by atoms with Gasteiger partial charge in [-0.3, -0.25) is 0 Å². The van der Waals surface area contributed by atoms with E-state index >= 15 is 0 Å². The van der Waals surface area contributed by atoms with E-state index in [1.165, 1.54) is 5.56 Å². The van der Waals surface area contributed by atoms with Gasteiger partial charge in [0.1, 0.15) is 11.6 Å². The smallest absolute Gasteiger partial charge is 0.136 e. The van der Waals surface area contributed by atoms with Crippen molar-refractivity contribution in [1.82, 2.24) is 9.97 Å². The lowest BCUT2D eigenvalue weighted by Gasteiger charge is -2.17. The zero-order valence-corrected chi connectivity index (χ0v) is 11.4. The van der Waals surface area contributed by atoms with E-state index in [9.17, 15) is 0 Å². The molecule has 0 bridgehead atoms. The summed E-state index contributed by atoms with van der Waals surface area (Å²) in [5.41, 5.74) is 8.95. The van der Waals surface area contributed by atoms with Gasteiger partial charge in [0.15, 0.2) is 0 Å². The number of benzene rings is 1. The van der Waals surface area contributed by atoms with Crippen molar-refractivity contribution < 1.29 is 0 Å². The number of nitrogens with two attached hydrogens (primary N) is 1. The highest BCUT2D eigenvalue weighted by Gasteiger charge is 2.18. The molecule has 0 radical (unpaired) electrons. The van der Waals surface area contributed by atoms with Gasteiger partial charge in [-0.05, 0) is 6.92 Å². The molecule has 2 N–H and O–H groups in total. The van der Waals surface area contributed by atoms with Crippen LogP contribution in [0.5, 0.6) is 0 Å². The Morgan fingerprint density at radius 1 is 1.00 bits per heavy atom. The molecule has 3 heteroatoms. The molecule has 0 aliphatic rings. The molecule has 1 aromatic carbocycles. The standard InChI is InChI=1S/C15H19N3/c1-10-5-7-11(8-6-10)12-9-13(16)18-14(17-12)15(2,3)4/h5-9H,1-4H3,(H2,16,17,18). The molecular weight excluding hydrogens is 222 g/mol. The monoisotopic (exact) mass is 241 g/mol. The van der Waals surface area contributed by atoms with Gasteiger partial charge in [-0.1, -0.05) is 50.6 Å². The predicted octanol–water partition coefficient (Wildman–Crippen LogP) is 3.33. The maximum absolute atomic E-state index is 5.87. The summed E-state index contributed by atoms with van der Waals surface area (Å²) in [5, 5.41) is 0. The third kappa shape index (κ3) is 2.67. The first-order chi connectivity index (χ1) is 8.36. The van der Waals surface area contributed by atoms with E-state index < -0.39 is 0 Å². The lowest BCUT2D eigenvalue weighted by molar-refractivity contribution is 0.547. The van der Waals surface area contributed by atoms with Gasteiger partial charge in [-0.25, -0.2) is 9.97 Å². The number of hydrogen-bond acceptors (Lipinski definition) is 3. The molecule has 0 spiro atoms. The Labute approximate surface area is 108 Å². The summed E-state index contributed by atoms with van der Waals surface area (Å²) < 4.78 is 0. The van der Waals surface area contributed by atoms with Crippen molar-refractivity contribution >= 4 is 5.82 Å². The van der Waals surface area contributed by atoms with E-state index in [1.54, 1.807) is 0 Å². The molecule has 0 aliphatic heterocycles. The van der Waals surface area contributed by atoms with E-state index in [-0.39, 0.29) is 5.41 Å². The molecule has 0 saturated heterocycles. The van der Waals surface area contributed by atoms with Crippen molar-refractivity contribution in [3.63, 3.8) is 0 Å². The fourth-order valence-electron chi connectivity index (χ4n) is 1.67. The lowest BCUT2D eigenvalue weighted by atomic mass is 9.95. The third-order valence-electron chi connectivity index (χ3n) is 2.76. The second kappa shape index (κ2) is 4.41. The van der Waals surface area contributed by atoms with Gasteiger partial charge in [0.05, 0.1) is 5.69 Å². The zero-order chi connectivity index (χ0) is 13.3. The van der Waals surface area contributed by atoms with E-state index in [2.05, 4.69) is 61.9 Å². The molecule has 1 aromatic heterocycles. The van der Waals surface area contributed by atoms with Gasteiger partial charge in [-0.2, -0.15) is 0 Å². The average molecular weight is 241 g/mol. The normalized spacial score (nSPS) is 11.6. The average Bonchev–Trinajstić information content (AvgIpc) is 2.28. The minimum Gasteiger partial charge on any atom is -0.384 e. The third-order valence-corrected chi connectivity index (χ3v) is 2.76. The van der Waals surface area contributed by atoms with Crippen molar-refractivity contribution in [1.29, 1.82) is 0 Å². The van der Waals surface area contributed by atoms with Crippen LogP contribution in [0.2, 0.25) is 0 Å². The zero-order valence-electron chi connectivity index (χ0n) is 11.4. The van der Waals surface area contributed by atoms with E-state index in [0.29, 0.717) is 5.82 Å². The molecule has 1 heterocycles. The topological polar surface area (TPSA) is 51.8 Å². The van der Waals surface area contributed by atoms with Crippen LogP contribution in [0.3, 0.4) is 0 Å². The minimum atomic E-state index is -0.102. The molecule has 0 atom stereocenters. The first-order valence-corrected chi connectivity index (χ1v) is 6.08. The van der Waals surface area contributed by atoms with E-state index in [4.69, 9.17) is 5.73 Å². The van der Waals surface area contributed by atoms with Crippen LogP contribution >= 0.6 is 0 Å². The van der Waals surface area contributed by atoms with Gasteiger partial charge >= 0.3 is 0 Å². The first kappa shape index (κ1) is 12.6. The van der Waals surface area contributed by atoms with Crippen LogP contribution in [0.25, 0.3) is 11.3 Å². The molecule has 0 saturated carbocycles. The maximum Gasteiger partial charge on any atom is 0.136 e. The van der Waals surface area contributed by atoms with Gasteiger partial charge in [0.2, 0.25) is 0 Å². The van der Waals surface area contributed by atoms with Gasteiger partial charge < -0.3 is 5.73 Å². The summed E-state index contributed by atoms with van der Waals surface area (Å²) in [5.74, 6) is 1.29. The largest absolute Gasteiger partial charge is 0.384 e. The molecule has 0 fully saturated rings. The van der Waals surface area contributed by atoms with Crippen LogP contribution in [0, 0.1) is 6.92 Å². The summed E-state index contributed by atoms with van der Waals surface area (Å²) in [7, 11) is 0. The van der Waals surface area contributed by atoms with Gasteiger partial charge in [0.25, 0.3) is 0 Å². The molecule has 2 rings (SSSR count). The summed E-state index contributed by atoms with van der Waals surface area (Å²) in [6.07, 6.45) is 0. The van der Waals surface area contributed by atoms with E-state index in [1.807, 2.05) is 6.07 Å². The van der Waals surface area contributed by atoms with Crippen LogP contribution < -0.4 is 5.73 Å². The Kier molecular flexibility index (Phi) is 3.07. The highest BCUT2D eigenvalue weighted by atomic mass is 15.0. The predicted molar refractivity (Wildman–Crippen MR) is 75.3 cm³/mol. The molecule has 0 unspecified atom stereocenters. The molecule has 3 nitrogen and oxygen atoms in total. The summed E-state index contributed by atoms with van der Waals surface area (Å²) >= 11 is 0. The van der Waals surface area contributed by atoms with Crippen molar-refractivity contribution in [2.45, 2.75) is 33.1 Å². The Morgan fingerprint density at radius 3 is 2.17 bits per heavy atom. The molecule has 0 amide bonds. The lowest BCUT2D eigenvalue weighted by Crippen LogP contribution is -2.17. The molecule has 0 aliphatic carbocycles. The number of hydrogen-bond donors (Lipinski definition) is 1. The summed E-state index contributed by atoms with van der Waals surface area (Å²) in [6, 6.07) is 10.1. The van der Waals surface area contributed by atoms with Crippen LogP contribution in [-0.2, 0) is 5.41 Å². The highest BCUT2D eigenvalue weighted by molar-refractivity contribution is 5.62. The Balaban J connectivity index is 2.52. The fraction of sp³-hybridized carbons (Fsp3) is 0.333. The minimum absolute atomic E-state index is 0.102. The van der Waals surface area contributed by atoms with Crippen molar-refractivity contribution in [2.24, 2.45) is 0 Å². The fourth-order valence-corrected chi connectivity index (χ4v) is 1.67. The number of nitrogen functional groups attached to an aromatic ring is 1. The Hall–Kier alpha value is -1.90. The van der Waals surface area contributed by atoms with Gasteiger partial charge in [0, 0.05) is 17.0 Å². The maximum atomic E-state index is 5.87. The number of aromatic nitrogens is 2. The first-order valence-electron chi connectivity index (χ1n) is 6.08. The summed E-state index contributed by atoms with van der Waals surface area (Å²) in [4.78, 5) is 8.93. The Morgan fingerprint density at radius 2 is 1.61 bits per heavy atom. The van der Waals surface area contributed by atoms with Crippen molar-refractivity contribution in [3.8, 4) is 11.3 Å². The van der Waals surface area contributed by atoms with Crippen molar-refractivity contribution in [3.05, 3.63) is 41.7 Å². The number of aryl methyl sites for hydroxylation is 1. The molecule has 18 heavy (non-hydrogen) atoms. The SMILES string of the molecule is Cc1ccc(-c2cc(N)nc(C(C)(C)C)n2)cc1. The second-order valence-electron chi connectivity index (χ2n) is 5.62. The number of rotatable bonds is 1. The molecular formula is C15H19N3. The quantitative estimate of drug-likeness (QED) is 0.833. The van der Waals surface area contributed by atoms with Gasteiger partial charge in [-0.15, -0.1) is 0 Å². The van der Waals surface area contributed by atoms with Crippen LogP contribution in [0.1, 0.15) is 32.2 Å². The van der Waals surface area contributed by atoms with E-state index in [0.717, 1.165) is 17.1 Å².